The summed E-state index contributed by atoms with van der Waals surface area (Å²) in [6.07, 6.45) is 5.46. The van der Waals surface area contributed by atoms with Crippen molar-refractivity contribution in [2.24, 2.45) is 0 Å². The molecule has 0 aliphatic rings. The van der Waals surface area contributed by atoms with E-state index in [1.54, 1.807) is 6.20 Å². The summed E-state index contributed by atoms with van der Waals surface area (Å²) in [4.78, 5) is 24.2. The maximum atomic E-state index is 5.16. The second-order valence-electron chi connectivity index (χ2n) is 12.6. The fourth-order valence-corrected chi connectivity index (χ4v) is 7.05. The third-order valence-corrected chi connectivity index (χ3v) is 9.58. The highest BCUT2D eigenvalue weighted by Crippen LogP contribution is 2.37. The summed E-state index contributed by atoms with van der Waals surface area (Å²) in [7, 11) is 0. The molecule has 0 fully saturated rings. The molecule has 0 N–H and O–H groups in total. The number of benzene rings is 5. The van der Waals surface area contributed by atoms with Gasteiger partial charge in [0.25, 0.3) is 0 Å². The lowest BCUT2D eigenvalue weighted by molar-refractivity contribution is 1.30. The zero-order chi connectivity index (χ0) is 33.0. The minimum absolute atomic E-state index is 0.915. The van der Waals surface area contributed by atoms with E-state index >= 15 is 0 Å². The van der Waals surface area contributed by atoms with Crippen LogP contribution in [-0.4, -0.2) is 24.9 Å². The summed E-state index contributed by atoms with van der Waals surface area (Å²) in [5.74, 6) is 0. The second-order valence-corrected chi connectivity index (χ2v) is 12.6. The molecule has 5 heteroatoms. The van der Waals surface area contributed by atoms with Crippen LogP contribution in [0.2, 0.25) is 0 Å². The van der Waals surface area contributed by atoms with Gasteiger partial charge in [-0.2, -0.15) is 0 Å². The Morgan fingerprint density at radius 1 is 0.360 bits per heavy atom. The molecule has 0 unspecified atom stereocenters. The molecule has 0 bridgehead atoms. The van der Waals surface area contributed by atoms with Crippen LogP contribution in [0.5, 0.6) is 0 Å². The highest BCUT2D eigenvalue weighted by atomic mass is 14.8. The highest BCUT2D eigenvalue weighted by Gasteiger charge is 2.14. The van der Waals surface area contributed by atoms with Gasteiger partial charge in [0.1, 0.15) is 0 Å². The smallest absolute Gasteiger partial charge is 0.0972 e. The average Bonchev–Trinajstić information content (AvgIpc) is 3.19. The fraction of sp³-hybridized carbons (Fsp3) is 0. The minimum Gasteiger partial charge on any atom is -0.264 e. The lowest BCUT2D eigenvalue weighted by Gasteiger charge is -2.13. The monoisotopic (exact) mass is 637 g/mol. The molecule has 10 aromatic rings. The molecule has 0 aliphatic heterocycles. The van der Waals surface area contributed by atoms with Crippen molar-refractivity contribution in [2.75, 3.05) is 0 Å². The third-order valence-electron chi connectivity index (χ3n) is 9.58. The van der Waals surface area contributed by atoms with Crippen LogP contribution in [0.4, 0.5) is 0 Å². The summed E-state index contributed by atoms with van der Waals surface area (Å²) in [5.41, 5.74) is 11.9. The molecule has 5 nitrogen and oxygen atoms in total. The standard InChI is InChI=1S/C45H27N5/c1-2-8-36-35(7-1)37(17-18-38(36)42-21-14-30-11-10-29-5-4-24-47-44(29)45(30)50-42)41-22-16-33-25-31(15-20-39(33)48-41)32-12-9-28-13-19-40(49-43(28)26-32)34-6-3-23-46-27-34/h1-27H. The average molecular weight is 638 g/mol. The Bertz CT molecular complexity index is 2940. The van der Waals surface area contributed by atoms with Gasteiger partial charge in [0.15, 0.2) is 0 Å². The Morgan fingerprint density at radius 3 is 1.82 bits per heavy atom. The van der Waals surface area contributed by atoms with Gasteiger partial charge in [0, 0.05) is 56.8 Å². The first-order chi connectivity index (χ1) is 24.7. The largest absolute Gasteiger partial charge is 0.264 e. The Morgan fingerprint density at radius 2 is 1.00 bits per heavy atom. The van der Waals surface area contributed by atoms with E-state index in [1.807, 2.05) is 30.6 Å². The van der Waals surface area contributed by atoms with E-state index in [-0.39, 0.29) is 0 Å². The molecule has 0 saturated carbocycles. The molecular weight excluding hydrogens is 611 g/mol. The van der Waals surface area contributed by atoms with Crippen molar-refractivity contribution in [3.05, 3.63) is 164 Å². The number of aromatic nitrogens is 5. The van der Waals surface area contributed by atoms with E-state index < -0.39 is 0 Å². The van der Waals surface area contributed by atoms with Gasteiger partial charge >= 0.3 is 0 Å². The van der Waals surface area contributed by atoms with Crippen LogP contribution in [-0.2, 0) is 0 Å². The number of fused-ring (bicyclic) bond motifs is 6. The molecule has 0 radical (unpaired) electrons. The Kier molecular flexibility index (Phi) is 6.42. The predicted octanol–water partition coefficient (Wildman–Crippen LogP) is 11.1. The van der Waals surface area contributed by atoms with Gasteiger partial charge in [0.05, 0.1) is 39.1 Å². The highest BCUT2D eigenvalue weighted by molar-refractivity contribution is 6.07. The van der Waals surface area contributed by atoms with Crippen molar-refractivity contribution in [1.29, 1.82) is 0 Å². The number of hydrogen-bond acceptors (Lipinski definition) is 5. The molecule has 5 aromatic heterocycles. The lowest BCUT2D eigenvalue weighted by atomic mass is 9.95. The minimum atomic E-state index is 0.915. The van der Waals surface area contributed by atoms with Crippen LogP contribution < -0.4 is 0 Å². The molecule has 0 atom stereocenters. The topological polar surface area (TPSA) is 64.5 Å². The molecule has 5 aromatic carbocycles. The fourth-order valence-electron chi connectivity index (χ4n) is 7.05. The van der Waals surface area contributed by atoms with Crippen molar-refractivity contribution >= 4 is 54.4 Å². The number of hydrogen-bond donors (Lipinski definition) is 0. The molecule has 0 spiro atoms. The van der Waals surface area contributed by atoms with E-state index in [0.29, 0.717) is 0 Å². The molecule has 0 saturated heterocycles. The van der Waals surface area contributed by atoms with Gasteiger partial charge < -0.3 is 0 Å². The number of nitrogens with zero attached hydrogens (tertiary/aromatic N) is 5. The first-order valence-corrected chi connectivity index (χ1v) is 16.6. The quantitative estimate of drug-likeness (QED) is 0.180. The van der Waals surface area contributed by atoms with Crippen LogP contribution in [0, 0.1) is 0 Å². The first-order valence-electron chi connectivity index (χ1n) is 16.6. The molecule has 5 heterocycles. The van der Waals surface area contributed by atoms with Crippen molar-refractivity contribution < 1.29 is 0 Å². The van der Waals surface area contributed by atoms with Gasteiger partial charge in [-0.1, -0.05) is 91.0 Å². The summed E-state index contributed by atoms with van der Waals surface area (Å²) in [6, 6.07) is 50.8. The SMILES string of the molecule is c1cncc(-c2ccc3ccc(-c4ccc5nc(-c6ccc(-c7ccc8ccc9cccnc9c8n7)c7ccccc67)ccc5c4)cc3n2)c1. The molecular formula is C45H27N5. The van der Waals surface area contributed by atoms with Crippen LogP contribution >= 0.6 is 0 Å². The van der Waals surface area contributed by atoms with Crippen LogP contribution in [0.25, 0.3) is 99.3 Å². The summed E-state index contributed by atoms with van der Waals surface area (Å²) >= 11 is 0. The normalized spacial score (nSPS) is 11.6. The van der Waals surface area contributed by atoms with Crippen molar-refractivity contribution in [1.82, 2.24) is 24.9 Å². The Balaban J connectivity index is 1.02. The first kappa shape index (κ1) is 28.2. The lowest BCUT2D eigenvalue weighted by Crippen LogP contribution is -1.92. The van der Waals surface area contributed by atoms with Gasteiger partial charge in [0.2, 0.25) is 0 Å². The third kappa shape index (κ3) is 4.75. The predicted molar refractivity (Wildman–Crippen MR) is 205 cm³/mol. The number of rotatable bonds is 4. The zero-order valence-electron chi connectivity index (χ0n) is 26.8. The van der Waals surface area contributed by atoms with E-state index in [9.17, 15) is 0 Å². The van der Waals surface area contributed by atoms with Gasteiger partial charge in [-0.05, 0) is 76.5 Å². The zero-order valence-corrected chi connectivity index (χ0v) is 26.8. The van der Waals surface area contributed by atoms with E-state index in [4.69, 9.17) is 15.0 Å². The van der Waals surface area contributed by atoms with Crippen LogP contribution in [0.1, 0.15) is 0 Å². The molecule has 10 rings (SSSR count). The second kappa shape index (κ2) is 11.4. The Labute approximate surface area is 287 Å². The van der Waals surface area contributed by atoms with Gasteiger partial charge in [-0.25, -0.2) is 15.0 Å². The van der Waals surface area contributed by atoms with E-state index in [1.165, 1.54) is 0 Å². The van der Waals surface area contributed by atoms with E-state index in [0.717, 1.165) is 99.3 Å². The summed E-state index contributed by atoms with van der Waals surface area (Å²) in [5, 5.41) is 6.64. The van der Waals surface area contributed by atoms with Crippen molar-refractivity contribution in [2.45, 2.75) is 0 Å². The van der Waals surface area contributed by atoms with E-state index in [2.05, 4.69) is 137 Å². The van der Waals surface area contributed by atoms with Crippen LogP contribution in [0.3, 0.4) is 0 Å². The van der Waals surface area contributed by atoms with Gasteiger partial charge in [-0.3, -0.25) is 9.97 Å². The summed E-state index contributed by atoms with van der Waals surface area (Å²) < 4.78 is 0. The molecule has 0 amide bonds. The van der Waals surface area contributed by atoms with Gasteiger partial charge in [-0.15, -0.1) is 0 Å². The molecule has 232 valence electrons. The van der Waals surface area contributed by atoms with Crippen molar-refractivity contribution in [3.8, 4) is 44.9 Å². The number of pyridine rings is 5. The maximum absolute atomic E-state index is 5.16. The Hall–Kier alpha value is -6.85. The van der Waals surface area contributed by atoms with Crippen molar-refractivity contribution in [3.63, 3.8) is 0 Å². The summed E-state index contributed by atoms with van der Waals surface area (Å²) in [6.45, 7) is 0. The van der Waals surface area contributed by atoms with Crippen LogP contribution in [0.15, 0.2) is 164 Å². The molecule has 0 aliphatic carbocycles. The maximum Gasteiger partial charge on any atom is 0.0972 e. The molecule has 50 heavy (non-hydrogen) atoms.